The van der Waals surface area contributed by atoms with Gasteiger partial charge in [0, 0.05) is 0 Å². The molecule has 18 heavy (non-hydrogen) atoms. The minimum atomic E-state index is -3.77. The molecule has 2 aromatic heterocycles. The van der Waals surface area contributed by atoms with Crippen LogP contribution in [0.1, 0.15) is 0 Å². The smallest absolute Gasteiger partial charge is 0.244 e. The van der Waals surface area contributed by atoms with Crippen LogP contribution in [-0.4, -0.2) is 30.2 Å². The molecule has 96 valence electrons. The number of pyridine rings is 1. The van der Waals surface area contributed by atoms with E-state index in [1.54, 1.807) is 0 Å². The third-order valence-electron chi connectivity index (χ3n) is 2.18. The Bertz CT molecular complexity index is 682. The zero-order valence-corrected chi connectivity index (χ0v) is 10.1. The number of nitrogens with zero attached hydrogens (tertiary/aromatic N) is 3. The third kappa shape index (κ3) is 2.17. The molecule has 0 saturated carbocycles. The van der Waals surface area contributed by atoms with Crippen LogP contribution >= 0.6 is 0 Å². The van der Waals surface area contributed by atoms with Crippen LogP contribution in [0.25, 0.3) is 5.82 Å². The van der Waals surface area contributed by atoms with Crippen LogP contribution in [0.5, 0.6) is 0 Å². The van der Waals surface area contributed by atoms with Crippen LogP contribution in [0.4, 0.5) is 10.1 Å². The van der Waals surface area contributed by atoms with Gasteiger partial charge in [0.25, 0.3) is 0 Å². The average Bonchev–Trinajstić information content (AvgIpc) is 2.75. The number of hydrogen-bond donors (Lipinski definition) is 2. The van der Waals surface area contributed by atoms with Crippen molar-refractivity contribution in [1.82, 2.24) is 19.5 Å². The molecule has 0 aliphatic rings. The quantitative estimate of drug-likeness (QED) is 0.811. The second-order valence-corrected chi connectivity index (χ2v) is 5.26. The summed E-state index contributed by atoms with van der Waals surface area (Å²) in [6.07, 6.45) is 3.24. The maximum Gasteiger partial charge on any atom is 0.244 e. The van der Waals surface area contributed by atoms with Crippen LogP contribution in [0.3, 0.4) is 0 Å². The van der Waals surface area contributed by atoms with Crippen molar-refractivity contribution in [2.75, 3.05) is 12.8 Å². The lowest BCUT2D eigenvalue weighted by Crippen LogP contribution is -2.21. The highest BCUT2D eigenvalue weighted by atomic mass is 32.2. The van der Waals surface area contributed by atoms with Crippen molar-refractivity contribution in [2.24, 2.45) is 0 Å². The molecular formula is C9H10FN5O2S. The third-order valence-corrected chi connectivity index (χ3v) is 3.60. The van der Waals surface area contributed by atoms with Crippen molar-refractivity contribution < 1.29 is 12.8 Å². The molecule has 9 heteroatoms. The molecule has 0 aliphatic heterocycles. The molecule has 0 aliphatic carbocycles. The molecule has 0 atom stereocenters. The number of rotatable bonds is 3. The van der Waals surface area contributed by atoms with Crippen molar-refractivity contribution in [3.8, 4) is 5.82 Å². The van der Waals surface area contributed by atoms with Gasteiger partial charge in [-0.05, 0) is 13.1 Å². The lowest BCUT2D eigenvalue weighted by atomic mass is 10.4. The summed E-state index contributed by atoms with van der Waals surface area (Å²) in [5.74, 6) is -0.621. The van der Waals surface area contributed by atoms with Gasteiger partial charge in [-0.25, -0.2) is 27.2 Å². The summed E-state index contributed by atoms with van der Waals surface area (Å²) in [7, 11) is -2.51. The number of aromatic nitrogens is 3. The van der Waals surface area contributed by atoms with Gasteiger partial charge in [-0.15, -0.1) is 0 Å². The first-order chi connectivity index (χ1) is 8.44. The summed E-state index contributed by atoms with van der Waals surface area (Å²) >= 11 is 0. The first kappa shape index (κ1) is 12.5. The Kier molecular flexibility index (Phi) is 3.01. The second-order valence-electron chi connectivity index (χ2n) is 3.40. The highest BCUT2D eigenvalue weighted by Gasteiger charge is 2.20. The van der Waals surface area contributed by atoms with E-state index in [9.17, 15) is 12.8 Å². The summed E-state index contributed by atoms with van der Waals surface area (Å²) < 4.78 is 39.7. The van der Waals surface area contributed by atoms with Gasteiger partial charge in [-0.1, -0.05) is 0 Å². The minimum Gasteiger partial charge on any atom is -0.397 e. The van der Waals surface area contributed by atoms with Crippen molar-refractivity contribution >= 4 is 15.7 Å². The summed E-state index contributed by atoms with van der Waals surface area (Å²) in [4.78, 5) is 3.69. The number of hydrogen-bond acceptors (Lipinski definition) is 5. The molecule has 0 fully saturated rings. The predicted molar refractivity (Wildman–Crippen MR) is 62.0 cm³/mol. The lowest BCUT2D eigenvalue weighted by Gasteiger charge is -2.09. The maximum absolute atomic E-state index is 12.9. The number of halogens is 1. The molecule has 2 heterocycles. The van der Waals surface area contributed by atoms with Crippen LogP contribution in [0.15, 0.2) is 29.6 Å². The number of nitrogens with one attached hydrogen (secondary N) is 1. The normalized spacial score (nSPS) is 11.7. The van der Waals surface area contributed by atoms with Gasteiger partial charge >= 0.3 is 0 Å². The highest BCUT2D eigenvalue weighted by Crippen LogP contribution is 2.19. The van der Waals surface area contributed by atoms with Crippen molar-refractivity contribution in [3.05, 3.63) is 30.5 Å². The zero-order chi connectivity index (χ0) is 13.3. The number of sulfonamides is 1. The Labute approximate surface area is 102 Å². The van der Waals surface area contributed by atoms with Crippen LogP contribution < -0.4 is 10.5 Å². The van der Waals surface area contributed by atoms with Crippen LogP contribution in [-0.2, 0) is 10.0 Å². The van der Waals surface area contributed by atoms with E-state index in [1.807, 2.05) is 0 Å². The van der Waals surface area contributed by atoms with Gasteiger partial charge in [0.1, 0.15) is 4.90 Å². The molecule has 0 aromatic carbocycles. The van der Waals surface area contributed by atoms with Crippen molar-refractivity contribution in [1.29, 1.82) is 0 Å². The molecule has 0 amide bonds. The maximum atomic E-state index is 12.9. The SMILES string of the molecule is CNS(=O)(=O)c1cc(N)cnc1-n1cc(F)cn1. The average molecular weight is 271 g/mol. The first-order valence-electron chi connectivity index (χ1n) is 4.83. The molecule has 0 bridgehead atoms. The number of nitrogens with two attached hydrogens (primary N) is 1. The van der Waals surface area contributed by atoms with Crippen LogP contribution in [0.2, 0.25) is 0 Å². The minimum absolute atomic E-state index is 0.0255. The van der Waals surface area contributed by atoms with Gasteiger partial charge in [0.15, 0.2) is 11.6 Å². The van der Waals surface area contributed by atoms with Crippen LogP contribution in [0, 0.1) is 5.82 Å². The van der Waals surface area contributed by atoms with Crippen molar-refractivity contribution in [2.45, 2.75) is 4.90 Å². The first-order valence-corrected chi connectivity index (χ1v) is 6.32. The molecule has 0 saturated heterocycles. The Balaban J connectivity index is 2.69. The van der Waals surface area contributed by atoms with Gasteiger partial charge in [-0.2, -0.15) is 5.10 Å². The van der Waals surface area contributed by atoms with E-state index < -0.39 is 15.8 Å². The zero-order valence-electron chi connectivity index (χ0n) is 9.33. The largest absolute Gasteiger partial charge is 0.397 e. The second kappa shape index (κ2) is 4.35. The molecule has 2 aromatic rings. The van der Waals surface area contributed by atoms with E-state index in [4.69, 9.17) is 5.73 Å². The van der Waals surface area contributed by atoms with E-state index in [1.165, 1.54) is 19.3 Å². The fraction of sp³-hybridized carbons (Fsp3) is 0.111. The van der Waals surface area contributed by atoms with Gasteiger partial charge in [-0.3, -0.25) is 0 Å². The topological polar surface area (TPSA) is 103 Å². The van der Waals surface area contributed by atoms with E-state index in [2.05, 4.69) is 14.8 Å². The molecule has 0 unspecified atom stereocenters. The fourth-order valence-electron chi connectivity index (χ4n) is 1.35. The monoisotopic (exact) mass is 271 g/mol. The van der Waals surface area contributed by atoms with Gasteiger partial charge < -0.3 is 5.73 Å². The van der Waals surface area contributed by atoms with Crippen molar-refractivity contribution in [3.63, 3.8) is 0 Å². The Morgan fingerprint density at radius 3 is 2.72 bits per heavy atom. The Morgan fingerprint density at radius 2 is 2.17 bits per heavy atom. The number of nitrogen functional groups attached to an aromatic ring is 1. The fourth-order valence-corrected chi connectivity index (χ4v) is 2.25. The molecule has 2 rings (SSSR count). The Morgan fingerprint density at radius 1 is 1.44 bits per heavy atom. The summed E-state index contributed by atoms with van der Waals surface area (Å²) in [5.41, 5.74) is 5.68. The number of anilines is 1. The molecule has 3 N–H and O–H groups in total. The molecule has 0 radical (unpaired) electrons. The van der Waals surface area contributed by atoms with E-state index >= 15 is 0 Å². The van der Waals surface area contributed by atoms with E-state index in [-0.39, 0.29) is 16.4 Å². The Hall–Kier alpha value is -2.00. The highest BCUT2D eigenvalue weighted by molar-refractivity contribution is 7.89. The molecule has 0 spiro atoms. The van der Waals surface area contributed by atoms with E-state index in [0.717, 1.165) is 17.1 Å². The predicted octanol–water partition coefficient (Wildman–Crippen LogP) is -0.103. The summed E-state index contributed by atoms with van der Waals surface area (Å²) in [6.45, 7) is 0. The summed E-state index contributed by atoms with van der Waals surface area (Å²) in [6, 6.07) is 1.23. The van der Waals surface area contributed by atoms with Gasteiger partial charge in [0.05, 0.1) is 24.3 Å². The standard InChI is InChI=1S/C9H10FN5O2S/c1-12-18(16,17)8-2-7(11)4-13-9(8)15-5-6(10)3-14-15/h2-5,12H,11H2,1H3. The van der Waals surface area contributed by atoms with Gasteiger partial charge in [0.2, 0.25) is 10.0 Å². The van der Waals surface area contributed by atoms with E-state index in [0.29, 0.717) is 0 Å². The summed E-state index contributed by atoms with van der Waals surface area (Å²) in [5, 5.41) is 3.67. The lowest BCUT2D eigenvalue weighted by molar-refractivity contribution is 0.586. The molecular weight excluding hydrogens is 261 g/mol. The molecule has 7 nitrogen and oxygen atoms in total.